The lowest BCUT2D eigenvalue weighted by Crippen LogP contribution is -2.17. The third-order valence-corrected chi connectivity index (χ3v) is 6.31. The van der Waals surface area contributed by atoms with E-state index in [0.717, 1.165) is 34.6 Å². The zero-order chi connectivity index (χ0) is 21.9. The molecule has 30 heavy (non-hydrogen) atoms. The number of thioether (sulfide) groups is 1. The van der Waals surface area contributed by atoms with Gasteiger partial charge < -0.3 is 5.11 Å². The predicted octanol–water partition coefficient (Wildman–Crippen LogP) is 8.06. The van der Waals surface area contributed by atoms with Crippen LogP contribution in [0.4, 0.5) is 5.69 Å². The van der Waals surface area contributed by atoms with Crippen molar-refractivity contribution >= 4 is 23.7 Å². The summed E-state index contributed by atoms with van der Waals surface area (Å²) >= 11 is 1.74. The van der Waals surface area contributed by atoms with Crippen molar-refractivity contribution < 1.29 is 5.11 Å². The van der Waals surface area contributed by atoms with E-state index in [1.165, 1.54) is 10.5 Å². The van der Waals surface area contributed by atoms with Crippen LogP contribution in [0.2, 0.25) is 0 Å². The van der Waals surface area contributed by atoms with Crippen molar-refractivity contribution in [3.63, 3.8) is 0 Å². The molecule has 2 aromatic carbocycles. The van der Waals surface area contributed by atoms with Crippen molar-refractivity contribution in [2.75, 3.05) is 0 Å². The van der Waals surface area contributed by atoms with Crippen LogP contribution in [0.25, 0.3) is 0 Å². The molecule has 2 aromatic rings. The Morgan fingerprint density at radius 3 is 2.33 bits per heavy atom. The summed E-state index contributed by atoms with van der Waals surface area (Å²) in [5.74, 6) is 0.322. The molecule has 1 aliphatic carbocycles. The van der Waals surface area contributed by atoms with Crippen LogP contribution in [0, 0.1) is 0 Å². The Bertz CT molecular complexity index is 1000. The maximum atomic E-state index is 11.0. The standard InChI is InChI=1S/C27H33NOS/c1-26(2,3)20-16-19(25(29)22(17-20)27(4,5)6)18-28-23-14-10-11-15-24(23)30-21-12-8-7-9-13-21/h8,10-18,29H,7,9H2,1-6H3. The van der Waals surface area contributed by atoms with Crippen molar-refractivity contribution in [1.29, 1.82) is 0 Å². The number of aromatic hydroxyl groups is 1. The monoisotopic (exact) mass is 419 g/mol. The summed E-state index contributed by atoms with van der Waals surface area (Å²) < 4.78 is 0. The molecule has 0 saturated carbocycles. The maximum Gasteiger partial charge on any atom is 0.128 e. The molecular formula is C27H33NOS. The van der Waals surface area contributed by atoms with E-state index in [4.69, 9.17) is 4.99 Å². The number of para-hydroxylation sites is 1. The van der Waals surface area contributed by atoms with Gasteiger partial charge in [-0.3, -0.25) is 4.99 Å². The second-order valence-corrected chi connectivity index (χ2v) is 11.0. The van der Waals surface area contributed by atoms with E-state index in [2.05, 4.69) is 78.0 Å². The molecule has 2 nitrogen and oxygen atoms in total. The number of hydrogen-bond acceptors (Lipinski definition) is 3. The first-order valence-corrected chi connectivity index (χ1v) is 11.4. The van der Waals surface area contributed by atoms with E-state index in [1.54, 1.807) is 11.8 Å². The van der Waals surface area contributed by atoms with Gasteiger partial charge in [0.1, 0.15) is 5.75 Å². The molecule has 0 aliphatic heterocycles. The fourth-order valence-electron chi connectivity index (χ4n) is 3.34. The largest absolute Gasteiger partial charge is 0.507 e. The molecule has 0 radical (unpaired) electrons. The van der Waals surface area contributed by atoms with Crippen molar-refractivity contribution in [2.45, 2.75) is 70.1 Å². The number of nitrogens with zero attached hydrogens (tertiary/aromatic N) is 1. The van der Waals surface area contributed by atoms with Crippen molar-refractivity contribution in [3.8, 4) is 5.75 Å². The van der Waals surface area contributed by atoms with E-state index in [-0.39, 0.29) is 10.8 Å². The summed E-state index contributed by atoms with van der Waals surface area (Å²) in [6.07, 6.45) is 10.7. The minimum Gasteiger partial charge on any atom is -0.507 e. The van der Waals surface area contributed by atoms with Gasteiger partial charge in [-0.25, -0.2) is 0 Å². The lowest BCUT2D eigenvalue weighted by atomic mass is 9.79. The van der Waals surface area contributed by atoms with Gasteiger partial charge in [-0.2, -0.15) is 0 Å². The summed E-state index contributed by atoms with van der Waals surface area (Å²) in [6, 6.07) is 12.4. The molecule has 3 heteroatoms. The fraction of sp³-hybridized carbons (Fsp3) is 0.370. The summed E-state index contributed by atoms with van der Waals surface area (Å²) in [5.41, 5.74) is 3.68. The Morgan fingerprint density at radius 1 is 0.967 bits per heavy atom. The van der Waals surface area contributed by atoms with E-state index < -0.39 is 0 Å². The minimum absolute atomic E-state index is 0.0101. The molecule has 3 rings (SSSR count). The van der Waals surface area contributed by atoms with E-state index in [9.17, 15) is 5.11 Å². The smallest absolute Gasteiger partial charge is 0.128 e. The minimum atomic E-state index is -0.151. The Morgan fingerprint density at radius 2 is 1.70 bits per heavy atom. The van der Waals surface area contributed by atoms with Crippen LogP contribution in [0.3, 0.4) is 0 Å². The van der Waals surface area contributed by atoms with E-state index in [0.29, 0.717) is 5.75 Å². The maximum absolute atomic E-state index is 11.0. The number of benzene rings is 2. The van der Waals surface area contributed by atoms with Gasteiger partial charge in [0.05, 0.1) is 5.69 Å². The molecule has 0 unspecified atom stereocenters. The predicted molar refractivity (Wildman–Crippen MR) is 132 cm³/mol. The lowest BCUT2D eigenvalue weighted by Gasteiger charge is -2.27. The number of aliphatic imine (C=N–C) groups is 1. The summed E-state index contributed by atoms with van der Waals surface area (Å²) in [7, 11) is 0. The van der Waals surface area contributed by atoms with Crippen LogP contribution in [-0.4, -0.2) is 11.3 Å². The van der Waals surface area contributed by atoms with Gasteiger partial charge in [0.15, 0.2) is 0 Å². The van der Waals surface area contributed by atoms with Crippen LogP contribution in [0.15, 0.2) is 69.4 Å². The zero-order valence-electron chi connectivity index (χ0n) is 19.0. The van der Waals surface area contributed by atoms with Gasteiger partial charge in [0.25, 0.3) is 0 Å². The Balaban J connectivity index is 2.00. The molecule has 0 aromatic heterocycles. The first-order valence-electron chi connectivity index (χ1n) is 10.6. The van der Waals surface area contributed by atoms with Crippen LogP contribution >= 0.6 is 11.8 Å². The summed E-state index contributed by atoms with van der Waals surface area (Å²) in [6.45, 7) is 13.0. The molecule has 0 atom stereocenters. The van der Waals surface area contributed by atoms with Gasteiger partial charge in [0, 0.05) is 27.1 Å². The van der Waals surface area contributed by atoms with E-state index >= 15 is 0 Å². The van der Waals surface area contributed by atoms with E-state index in [1.807, 2.05) is 24.4 Å². The summed E-state index contributed by atoms with van der Waals surface area (Å²) in [5, 5.41) is 11.0. The van der Waals surface area contributed by atoms with Gasteiger partial charge in [-0.15, -0.1) is 0 Å². The topological polar surface area (TPSA) is 32.6 Å². The van der Waals surface area contributed by atoms with Gasteiger partial charge in [0.2, 0.25) is 0 Å². The third kappa shape index (κ3) is 5.46. The Hall–Kier alpha value is -2.26. The molecule has 0 fully saturated rings. The molecular weight excluding hydrogens is 386 g/mol. The molecule has 0 heterocycles. The van der Waals surface area contributed by atoms with Gasteiger partial charge >= 0.3 is 0 Å². The first-order chi connectivity index (χ1) is 14.1. The van der Waals surface area contributed by atoms with Crippen LogP contribution in [0.1, 0.15) is 71.1 Å². The number of phenols is 1. The van der Waals surface area contributed by atoms with Crippen molar-refractivity contribution in [3.05, 3.63) is 76.2 Å². The molecule has 158 valence electrons. The highest BCUT2D eigenvalue weighted by Crippen LogP contribution is 2.39. The fourth-order valence-corrected chi connectivity index (χ4v) is 4.33. The number of allylic oxidation sites excluding steroid dienone is 3. The molecule has 0 spiro atoms. The lowest BCUT2D eigenvalue weighted by molar-refractivity contribution is 0.444. The zero-order valence-corrected chi connectivity index (χ0v) is 19.8. The average molecular weight is 420 g/mol. The Labute approximate surface area is 185 Å². The highest BCUT2D eigenvalue weighted by molar-refractivity contribution is 8.03. The third-order valence-electron chi connectivity index (χ3n) is 5.21. The number of hydrogen-bond donors (Lipinski definition) is 1. The SMILES string of the molecule is CC(C)(C)c1cc(C=Nc2ccccc2SC2=CCCC=C2)c(O)c(C(C)(C)C)c1. The Kier molecular flexibility index (Phi) is 6.62. The quantitative estimate of drug-likeness (QED) is 0.508. The van der Waals surface area contributed by atoms with Gasteiger partial charge in [-0.1, -0.05) is 89.7 Å². The number of phenolic OH excluding ortho intramolecular Hbond substituents is 1. The summed E-state index contributed by atoms with van der Waals surface area (Å²) in [4.78, 5) is 7.17. The van der Waals surface area contributed by atoms with Crippen LogP contribution < -0.4 is 0 Å². The second-order valence-electron chi connectivity index (χ2n) is 9.88. The average Bonchev–Trinajstić information content (AvgIpc) is 2.67. The van der Waals surface area contributed by atoms with Crippen molar-refractivity contribution in [2.24, 2.45) is 4.99 Å². The second kappa shape index (κ2) is 8.85. The van der Waals surface area contributed by atoms with Crippen molar-refractivity contribution in [1.82, 2.24) is 0 Å². The molecule has 1 aliphatic rings. The molecule has 0 saturated heterocycles. The van der Waals surface area contributed by atoms with Crippen LogP contribution in [-0.2, 0) is 10.8 Å². The molecule has 1 N–H and O–H groups in total. The van der Waals surface area contributed by atoms with Crippen LogP contribution in [0.5, 0.6) is 5.75 Å². The normalized spacial score (nSPS) is 14.9. The molecule has 0 bridgehead atoms. The highest BCUT2D eigenvalue weighted by atomic mass is 32.2. The first kappa shape index (κ1) is 22.4. The van der Waals surface area contributed by atoms with Gasteiger partial charge in [-0.05, 0) is 47.4 Å². The highest BCUT2D eigenvalue weighted by Gasteiger charge is 2.24. The molecule has 0 amide bonds. The number of rotatable bonds is 4.